The number of benzene rings is 2. The summed E-state index contributed by atoms with van der Waals surface area (Å²) in [7, 11) is -3.34. The summed E-state index contributed by atoms with van der Waals surface area (Å²) in [6.07, 6.45) is 0. The highest BCUT2D eigenvalue weighted by Crippen LogP contribution is 2.22. The molecule has 0 aliphatic carbocycles. The normalized spacial score (nSPS) is 11.3. The summed E-state index contributed by atoms with van der Waals surface area (Å²) in [6.45, 7) is 7.83. The third kappa shape index (κ3) is 3.17. The highest BCUT2D eigenvalue weighted by Gasteiger charge is 2.17. The molecule has 2 aromatic rings. The molecule has 0 N–H and O–H groups in total. The number of hydrogen-bond acceptors (Lipinski definition) is 2. The van der Waals surface area contributed by atoms with Crippen LogP contribution < -0.4 is 0 Å². The van der Waals surface area contributed by atoms with Crippen molar-refractivity contribution in [1.29, 1.82) is 0 Å². The van der Waals surface area contributed by atoms with Crippen LogP contribution in [0.25, 0.3) is 5.57 Å². The summed E-state index contributed by atoms with van der Waals surface area (Å²) in [5.41, 5.74) is 3.62. The molecule has 104 valence electrons. The molecule has 0 unspecified atom stereocenters. The molecule has 0 atom stereocenters. The Kier molecular flexibility index (Phi) is 4.09. The number of sulfone groups is 1. The first-order valence-corrected chi connectivity index (χ1v) is 8.08. The van der Waals surface area contributed by atoms with Gasteiger partial charge in [-0.1, -0.05) is 48.5 Å². The predicted octanol–water partition coefficient (Wildman–Crippen LogP) is 3.79. The van der Waals surface area contributed by atoms with Crippen molar-refractivity contribution in [3.05, 3.63) is 71.8 Å². The Balaban J connectivity index is 2.27. The quantitative estimate of drug-likeness (QED) is 0.857. The van der Waals surface area contributed by atoms with E-state index in [2.05, 4.69) is 6.58 Å². The average molecular weight is 286 g/mol. The Bertz CT molecular complexity index is 726. The van der Waals surface area contributed by atoms with Crippen LogP contribution in [-0.4, -0.2) is 14.2 Å². The van der Waals surface area contributed by atoms with Crippen LogP contribution in [0.3, 0.4) is 0 Å². The van der Waals surface area contributed by atoms with E-state index >= 15 is 0 Å². The lowest BCUT2D eigenvalue weighted by Gasteiger charge is -2.10. The van der Waals surface area contributed by atoms with Crippen LogP contribution in [0.2, 0.25) is 0 Å². The van der Waals surface area contributed by atoms with Crippen molar-refractivity contribution in [2.45, 2.75) is 18.7 Å². The molecule has 3 heteroatoms. The second-order valence-corrected chi connectivity index (χ2v) is 6.98. The van der Waals surface area contributed by atoms with Crippen LogP contribution in [0, 0.1) is 13.8 Å². The zero-order valence-corrected chi connectivity index (χ0v) is 12.6. The van der Waals surface area contributed by atoms with Gasteiger partial charge in [0.15, 0.2) is 9.84 Å². The molecular formula is C17H18O2S. The fraction of sp³-hybridized carbons (Fsp3) is 0.176. The van der Waals surface area contributed by atoms with E-state index in [0.717, 1.165) is 16.7 Å². The Labute approximate surface area is 120 Å². The van der Waals surface area contributed by atoms with Crippen LogP contribution in [-0.2, 0) is 9.84 Å². The summed E-state index contributed by atoms with van der Waals surface area (Å²) in [6, 6.07) is 14.6. The molecular weight excluding hydrogens is 268 g/mol. The molecule has 0 bridgehead atoms. The maximum Gasteiger partial charge on any atom is 0.182 e. The van der Waals surface area contributed by atoms with Crippen LogP contribution in [0.4, 0.5) is 0 Å². The number of hydrogen-bond donors (Lipinski definition) is 0. The van der Waals surface area contributed by atoms with Crippen molar-refractivity contribution in [3.8, 4) is 0 Å². The Morgan fingerprint density at radius 2 is 1.60 bits per heavy atom. The molecule has 0 aliphatic rings. The number of rotatable bonds is 4. The topological polar surface area (TPSA) is 34.1 Å². The molecule has 2 aromatic carbocycles. The van der Waals surface area contributed by atoms with Crippen LogP contribution in [0.15, 0.2) is 60.0 Å². The maximum atomic E-state index is 12.4. The molecule has 0 fully saturated rings. The van der Waals surface area contributed by atoms with E-state index in [0.29, 0.717) is 10.5 Å². The van der Waals surface area contributed by atoms with Crippen molar-refractivity contribution in [2.24, 2.45) is 0 Å². The van der Waals surface area contributed by atoms with E-state index in [9.17, 15) is 8.42 Å². The SMILES string of the molecule is C=C(CS(=O)(=O)c1ccc(C)cc1)c1ccccc1C. The number of aryl methyl sites for hydroxylation is 2. The summed E-state index contributed by atoms with van der Waals surface area (Å²) in [4.78, 5) is 0.345. The lowest BCUT2D eigenvalue weighted by Crippen LogP contribution is -2.08. The minimum Gasteiger partial charge on any atom is -0.223 e. The lowest BCUT2D eigenvalue weighted by atomic mass is 10.0. The molecule has 0 spiro atoms. The van der Waals surface area contributed by atoms with Gasteiger partial charge in [0.2, 0.25) is 0 Å². The standard InChI is InChI=1S/C17H18O2S/c1-13-8-10-16(11-9-13)20(18,19)12-15(3)17-7-5-4-6-14(17)2/h4-11H,3,12H2,1-2H3. The van der Waals surface area contributed by atoms with Gasteiger partial charge in [-0.25, -0.2) is 8.42 Å². The van der Waals surface area contributed by atoms with Gasteiger partial charge in [-0.3, -0.25) is 0 Å². The van der Waals surface area contributed by atoms with Crippen LogP contribution in [0.5, 0.6) is 0 Å². The highest BCUT2D eigenvalue weighted by atomic mass is 32.2. The van der Waals surface area contributed by atoms with Crippen molar-refractivity contribution < 1.29 is 8.42 Å². The summed E-state index contributed by atoms with van der Waals surface area (Å²) < 4.78 is 24.8. The van der Waals surface area contributed by atoms with Gasteiger partial charge in [0.25, 0.3) is 0 Å². The summed E-state index contributed by atoms with van der Waals surface area (Å²) in [5, 5.41) is 0. The molecule has 2 nitrogen and oxygen atoms in total. The van der Waals surface area contributed by atoms with Gasteiger partial charge in [-0.05, 0) is 42.7 Å². The summed E-state index contributed by atoms with van der Waals surface area (Å²) >= 11 is 0. The van der Waals surface area contributed by atoms with Crippen LogP contribution in [0.1, 0.15) is 16.7 Å². The van der Waals surface area contributed by atoms with Gasteiger partial charge in [0, 0.05) is 0 Å². The molecule has 0 saturated heterocycles. The Morgan fingerprint density at radius 3 is 2.20 bits per heavy atom. The summed E-state index contributed by atoms with van der Waals surface area (Å²) in [5.74, 6) is -0.0546. The van der Waals surface area contributed by atoms with Crippen molar-refractivity contribution in [2.75, 3.05) is 5.75 Å². The molecule has 2 rings (SSSR count). The van der Waals surface area contributed by atoms with Gasteiger partial charge in [0.1, 0.15) is 0 Å². The van der Waals surface area contributed by atoms with E-state index in [-0.39, 0.29) is 5.75 Å². The van der Waals surface area contributed by atoms with Crippen LogP contribution >= 0.6 is 0 Å². The molecule has 0 aromatic heterocycles. The van der Waals surface area contributed by atoms with Gasteiger partial charge in [-0.2, -0.15) is 0 Å². The Morgan fingerprint density at radius 1 is 1.00 bits per heavy atom. The van der Waals surface area contributed by atoms with Crippen molar-refractivity contribution >= 4 is 15.4 Å². The van der Waals surface area contributed by atoms with Gasteiger partial charge in [0.05, 0.1) is 10.6 Å². The monoisotopic (exact) mass is 286 g/mol. The first-order chi connectivity index (χ1) is 9.40. The minimum atomic E-state index is -3.34. The smallest absolute Gasteiger partial charge is 0.182 e. The zero-order chi connectivity index (χ0) is 14.8. The maximum absolute atomic E-state index is 12.4. The molecule has 0 saturated carbocycles. The second-order valence-electron chi connectivity index (χ2n) is 4.99. The average Bonchev–Trinajstić information content (AvgIpc) is 2.39. The van der Waals surface area contributed by atoms with E-state index < -0.39 is 9.84 Å². The first-order valence-electron chi connectivity index (χ1n) is 6.43. The van der Waals surface area contributed by atoms with E-state index in [4.69, 9.17) is 0 Å². The molecule has 20 heavy (non-hydrogen) atoms. The third-order valence-electron chi connectivity index (χ3n) is 3.27. The third-order valence-corrected chi connectivity index (χ3v) is 4.99. The second kappa shape index (κ2) is 5.63. The fourth-order valence-electron chi connectivity index (χ4n) is 2.11. The van der Waals surface area contributed by atoms with Crippen molar-refractivity contribution in [3.63, 3.8) is 0 Å². The minimum absolute atomic E-state index is 0.0546. The van der Waals surface area contributed by atoms with Gasteiger partial charge in [-0.15, -0.1) is 0 Å². The lowest BCUT2D eigenvalue weighted by molar-refractivity contribution is 0.599. The predicted molar refractivity (Wildman–Crippen MR) is 83.4 cm³/mol. The molecule has 0 amide bonds. The van der Waals surface area contributed by atoms with E-state index in [1.54, 1.807) is 12.1 Å². The zero-order valence-electron chi connectivity index (χ0n) is 11.8. The molecule has 0 radical (unpaired) electrons. The molecule has 0 heterocycles. The fourth-order valence-corrected chi connectivity index (χ4v) is 3.44. The van der Waals surface area contributed by atoms with E-state index in [1.807, 2.05) is 50.2 Å². The highest BCUT2D eigenvalue weighted by molar-refractivity contribution is 7.91. The van der Waals surface area contributed by atoms with Gasteiger partial charge >= 0.3 is 0 Å². The first kappa shape index (κ1) is 14.5. The molecule has 0 aliphatic heterocycles. The van der Waals surface area contributed by atoms with E-state index in [1.165, 1.54) is 0 Å². The largest absolute Gasteiger partial charge is 0.223 e. The van der Waals surface area contributed by atoms with Gasteiger partial charge < -0.3 is 0 Å². The van der Waals surface area contributed by atoms with Crippen molar-refractivity contribution in [1.82, 2.24) is 0 Å². The Hall–Kier alpha value is -1.87.